The number of carboxylic acid groups (broad SMARTS) is 1. The number of para-hydroxylation sites is 1. The van der Waals surface area contributed by atoms with E-state index >= 15 is 0 Å². The minimum Gasteiger partial charge on any atom is -0.496 e. The van der Waals surface area contributed by atoms with E-state index in [9.17, 15) is 9.90 Å². The number of benzene rings is 3. The molecule has 0 bridgehead atoms. The lowest BCUT2D eigenvalue weighted by Crippen LogP contribution is -2.46. The minimum absolute atomic E-state index is 0.0511. The monoisotopic (exact) mass is 619 g/mol. The lowest BCUT2D eigenvalue weighted by atomic mass is 9.87. The number of hydrogen-bond acceptors (Lipinski definition) is 7. The Bertz CT molecular complexity index is 1350. The molecule has 1 N–H and O–H groups in total. The predicted octanol–water partition coefficient (Wildman–Crippen LogP) is 6.79. The van der Waals surface area contributed by atoms with Gasteiger partial charge in [-0.25, -0.2) is 4.79 Å². The first-order valence-corrected chi connectivity index (χ1v) is 15.4. The molecule has 4 rings (SSSR count). The zero-order valence-corrected chi connectivity index (χ0v) is 26.3. The van der Waals surface area contributed by atoms with Crippen LogP contribution in [-0.4, -0.2) is 75.9 Å². The lowest BCUT2D eigenvalue weighted by Gasteiger charge is -2.37. The van der Waals surface area contributed by atoms with Crippen LogP contribution in [-0.2, 0) is 27.4 Å². The molecule has 242 valence electrons. The maximum atomic E-state index is 11.8. The lowest BCUT2D eigenvalue weighted by molar-refractivity contribution is -0.0200. The van der Waals surface area contributed by atoms with Gasteiger partial charge in [-0.3, -0.25) is 0 Å². The summed E-state index contributed by atoms with van der Waals surface area (Å²) in [4.78, 5) is 13.2. The van der Waals surface area contributed by atoms with Gasteiger partial charge in [-0.15, -0.1) is 0 Å². The third-order valence-electron chi connectivity index (χ3n) is 7.80. The van der Waals surface area contributed by atoms with Crippen LogP contribution >= 0.6 is 0 Å². The fourth-order valence-electron chi connectivity index (χ4n) is 5.36. The molecule has 9 heteroatoms. The van der Waals surface area contributed by atoms with Gasteiger partial charge < -0.3 is 38.4 Å². The third-order valence-corrected chi connectivity index (χ3v) is 7.80. The van der Waals surface area contributed by atoms with Gasteiger partial charge in [0.15, 0.2) is 0 Å². The van der Waals surface area contributed by atoms with E-state index in [-0.39, 0.29) is 12.0 Å². The van der Waals surface area contributed by atoms with Gasteiger partial charge in [0.1, 0.15) is 17.2 Å². The molecule has 1 saturated heterocycles. The summed E-state index contributed by atoms with van der Waals surface area (Å²) < 4.78 is 34.6. The molecule has 0 spiro atoms. The zero-order valence-electron chi connectivity index (χ0n) is 26.3. The number of likely N-dealkylation sites (tertiary alicyclic amines) is 1. The molecule has 3 aromatic rings. The van der Waals surface area contributed by atoms with Crippen LogP contribution in [0.25, 0.3) is 6.08 Å². The van der Waals surface area contributed by atoms with Crippen LogP contribution in [0.5, 0.6) is 17.2 Å². The second-order valence-corrected chi connectivity index (χ2v) is 10.9. The maximum Gasteiger partial charge on any atom is 0.407 e. The summed E-state index contributed by atoms with van der Waals surface area (Å²) in [7, 11) is 3.33. The van der Waals surface area contributed by atoms with Crippen molar-refractivity contribution < 1.29 is 38.3 Å². The Morgan fingerprint density at radius 2 is 1.71 bits per heavy atom. The average molecular weight is 620 g/mol. The molecule has 0 aliphatic carbocycles. The summed E-state index contributed by atoms with van der Waals surface area (Å²) in [5.74, 6) is 2.40. The molecule has 2 unspecified atom stereocenters. The Morgan fingerprint density at radius 1 is 0.933 bits per heavy atom. The summed E-state index contributed by atoms with van der Waals surface area (Å²) in [6, 6.07) is 21.8. The van der Waals surface area contributed by atoms with Gasteiger partial charge in [0.05, 0.1) is 52.8 Å². The standard InChI is InChI=1S/C36H45NO8/c1-4-28-12-11-27(23-34(28)44-22-7-19-40-2)25-45-35-24-37(36(38)39)18-17-32(35)29-13-15-31(16-14-29)43-21-8-20-42-26-30-9-5-6-10-33(30)41-3/h4-6,9-16,23,32,35H,1,7-8,17-22,24-26H2,2-3H3,(H,38,39). The van der Waals surface area contributed by atoms with Gasteiger partial charge in [-0.1, -0.05) is 55.1 Å². The van der Waals surface area contributed by atoms with Crippen LogP contribution in [0.3, 0.4) is 0 Å². The van der Waals surface area contributed by atoms with E-state index in [0.717, 1.165) is 52.3 Å². The largest absolute Gasteiger partial charge is 0.496 e. The van der Waals surface area contributed by atoms with Crippen LogP contribution in [0.15, 0.2) is 73.3 Å². The summed E-state index contributed by atoms with van der Waals surface area (Å²) in [6.45, 7) is 7.76. The highest BCUT2D eigenvalue weighted by Crippen LogP contribution is 2.33. The molecule has 3 aromatic carbocycles. The van der Waals surface area contributed by atoms with Crippen LogP contribution < -0.4 is 14.2 Å². The second kappa shape index (κ2) is 18.0. The molecule has 1 heterocycles. The first-order chi connectivity index (χ1) is 22.0. The van der Waals surface area contributed by atoms with Crippen molar-refractivity contribution in [2.75, 3.05) is 53.7 Å². The van der Waals surface area contributed by atoms with E-state index in [1.165, 1.54) is 4.90 Å². The van der Waals surface area contributed by atoms with Crippen molar-refractivity contribution in [2.45, 2.75) is 44.5 Å². The number of hydrogen-bond donors (Lipinski definition) is 1. The fraction of sp³-hybridized carbons (Fsp3) is 0.417. The number of methoxy groups -OCH3 is 2. The molecule has 45 heavy (non-hydrogen) atoms. The Labute approximate surface area is 266 Å². The molecule has 1 amide bonds. The van der Waals surface area contributed by atoms with E-state index in [1.54, 1.807) is 20.3 Å². The number of rotatable bonds is 18. The molecule has 1 fully saturated rings. The normalized spacial score (nSPS) is 16.3. The quantitative estimate of drug-likeness (QED) is 0.156. The summed E-state index contributed by atoms with van der Waals surface area (Å²) in [6.07, 6.45) is 2.75. The maximum absolute atomic E-state index is 11.8. The van der Waals surface area contributed by atoms with E-state index < -0.39 is 6.09 Å². The van der Waals surface area contributed by atoms with Crippen molar-refractivity contribution in [1.29, 1.82) is 0 Å². The van der Waals surface area contributed by atoms with Crippen molar-refractivity contribution in [3.63, 3.8) is 0 Å². The number of nitrogens with zero attached hydrogens (tertiary/aromatic N) is 1. The van der Waals surface area contributed by atoms with E-state index in [2.05, 4.69) is 18.7 Å². The Kier molecular flexibility index (Phi) is 13.6. The zero-order chi connectivity index (χ0) is 31.9. The van der Waals surface area contributed by atoms with Crippen LogP contribution in [0, 0.1) is 0 Å². The van der Waals surface area contributed by atoms with Gasteiger partial charge in [-0.05, 0) is 41.8 Å². The number of piperidine rings is 1. The van der Waals surface area contributed by atoms with Gasteiger partial charge in [0.2, 0.25) is 0 Å². The van der Waals surface area contributed by atoms with Gasteiger partial charge >= 0.3 is 6.09 Å². The fourth-order valence-corrected chi connectivity index (χ4v) is 5.36. The summed E-state index contributed by atoms with van der Waals surface area (Å²) in [5.41, 5.74) is 3.98. The average Bonchev–Trinajstić information content (AvgIpc) is 3.07. The first kappa shape index (κ1) is 33.8. The smallest absolute Gasteiger partial charge is 0.407 e. The van der Waals surface area contributed by atoms with Gasteiger partial charge in [0, 0.05) is 50.1 Å². The van der Waals surface area contributed by atoms with Crippen molar-refractivity contribution in [3.8, 4) is 17.2 Å². The topological polar surface area (TPSA) is 95.9 Å². The highest BCUT2D eigenvalue weighted by atomic mass is 16.5. The summed E-state index contributed by atoms with van der Waals surface area (Å²) in [5, 5.41) is 9.67. The number of carbonyl (C=O) groups is 1. The van der Waals surface area contributed by atoms with Gasteiger partial charge in [0.25, 0.3) is 0 Å². The Hall–Kier alpha value is -4.05. The number of amides is 1. The van der Waals surface area contributed by atoms with Gasteiger partial charge in [-0.2, -0.15) is 0 Å². The van der Waals surface area contributed by atoms with Crippen molar-refractivity contribution >= 4 is 12.2 Å². The molecule has 0 aromatic heterocycles. The first-order valence-electron chi connectivity index (χ1n) is 15.4. The van der Waals surface area contributed by atoms with E-state index in [4.69, 9.17) is 28.4 Å². The Balaban J connectivity index is 1.30. The van der Waals surface area contributed by atoms with Crippen molar-refractivity contribution in [1.82, 2.24) is 4.90 Å². The molecule has 2 atom stereocenters. The molecular weight excluding hydrogens is 574 g/mol. The van der Waals surface area contributed by atoms with Crippen LogP contribution in [0.4, 0.5) is 4.79 Å². The summed E-state index contributed by atoms with van der Waals surface area (Å²) >= 11 is 0. The molecule has 1 aliphatic rings. The van der Waals surface area contributed by atoms with Crippen LogP contribution in [0.1, 0.15) is 47.4 Å². The molecule has 9 nitrogen and oxygen atoms in total. The van der Waals surface area contributed by atoms with Crippen molar-refractivity contribution in [3.05, 3.63) is 95.6 Å². The minimum atomic E-state index is -0.931. The third kappa shape index (κ3) is 10.2. The van der Waals surface area contributed by atoms with E-state index in [1.807, 2.05) is 54.6 Å². The SMILES string of the molecule is C=Cc1ccc(COC2CN(C(=O)O)CCC2c2ccc(OCCCOCc3ccccc3OC)cc2)cc1OCCCOC. The predicted molar refractivity (Wildman–Crippen MR) is 173 cm³/mol. The van der Waals surface area contributed by atoms with Crippen molar-refractivity contribution in [2.24, 2.45) is 0 Å². The molecule has 0 saturated carbocycles. The Morgan fingerprint density at radius 3 is 2.47 bits per heavy atom. The molecular formula is C36H45NO8. The van der Waals surface area contributed by atoms with Crippen LogP contribution in [0.2, 0.25) is 0 Å². The highest BCUT2D eigenvalue weighted by Gasteiger charge is 2.33. The highest BCUT2D eigenvalue weighted by molar-refractivity contribution is 5.65. The molecule has 0 radical (unpaired) electrons. The number of ether oxygens (including phenoxy) is 6. The second-order valence-electron chi connectivity index (χ2n) is 10.9. The molecule has 1 aliphatic heterocycles. The van der Waals surface area contributed by atoms with E-state index in [0.29, 0.717) is 59.2 Å².